The molecular formula is C36H47N5O5S. The van der Waals surface area contributed by atoms with Crippen LogP contribution in [0.2, 0.25) is 0 Å². The van der Waals surface area contributed by atoms with E-state index in [4.69, 9.17) is 9.47 Å². The predicted molar refractivity (Wildman–Crippen MR) is 185 cm³/mol. The van der Waals surface area contributed by atoms with Crippen LogP contribution < -0.4 is 15.4 Å². The number of carbonyl (C=O) groups is 3. The number of nitrogens with one attached hydrogen (secondary N) is 2. The Morgan fingerprint density at radius 3 is 2.32 bits per heavy atom. The molecule has 2 saturated heterocycles. The number of benzene rings is 2. The maximum atomic E-state index is 13.3. The van der Waals surface area contributed by atoms with Crippen LogP contribution in [-0.4, -0.2) is 83.7 Å². The van der Waals surface area contributed by atoms with Crippen LogP contribution in [0.15, 0.2) is 47.8 Å². The van der Waals surface area contributed by atoms with Gasteiger partial charge in [0.15, 0.2) is 5.13 Å². The van der Waals surface area contributed by atoms with Gasteiger partial charge in [0, 0.05) is 60.3 Å². The van der Waals surface area contributed by atoms with Crippen molar-refractivity contribution in [1.82, 2.24) is 20.1 Å². The molecule has 3 aromatic rings. The molecule has 5 rings (SSSR count). The molecule has 11 heteroatoms. The Labute approximate surface area is 281 Å². The second kappa shape index (κ2) is 15.3. The number of methoxy groups -OCH3 is 1. The molecule has 2 aliphatic rings. The number of anilines is 1. The van der Waals surface area contributed by atoms with Gasteiger partial charge < -0.3 is 24.6 Å². The molecule has 3 heterocycles. The molecule has 1 atom stereocenters. The maximum Gasteiger partial charge on any atom is 0.410 e. The number of piperidine rings is 1. The van der Waals surface area contributed by atoms with Crippen molar-refractivity contribution in [1.29, 1.82) is 0 Å². The molecule has 2 N–H and O–H groups in total. The Bertz CT molecular complexity index is 1540. The smallest absolute Gasteiger partial charge is 0.410 e. The van der Waals surface area contributed by atoms with E-state index in [0.717, 1.165) is 55.5 Å². The summed E-state index contributed by atoms with van der Waals surface area (Å²) in [6.07, 6.45) is 5.56. The number of aromatic nitrogens is 1. The summed E-state index contributed by atoms with van der Waals surface area (Å²) in [5.41, 5.74) is 3.41. The zero-order chi connectivity index (χ0) is 33.6. The second-order valence-electron chi connectivity index (χ2n) is 13.4. The molecule has 0 bridgehead atoms. The van der Waals surface area contributed by atoms with Gasteiger partial charge in [-0.1, -0.05) is 19.4 Å². The molecule has 10 nitrogen and oxygen atoms in total. The highest BCUT2D eigenvalue weighted by molar-refractivity contribution is 7.14. The number of nitrogens with zero attached hydrogens (tertiary/aromatic N) is 3. The highest BCUT2D eigenvalue weighted by Gasteiger charge is 2.32. The first-order chi connectivity index (χ1) is 22.5. The lowest BCUT2D eigenvalue weighted by atomic mass is 10.0. The molecule has 0 spiro atoms. The van der Waals surface area contributed by atoms with E-state index >= 15 is 0 Å². The molecule has 1 unspecified atom stereocenters. The first-order valence-corrected chi connectivity index (χ1v) is 17.5. The van der Waals surface area contributed by atoms with Crippen molar-refractivity contribution in [2.45, 2.75) is 83.9 Å². The van der Waals surface area contributed by atoms with Gasteiger partial charge in [0.2, 0.25) is 0 Å². The fraction of sp³-hybridized carbons (Fsp3) is 0.500. The van der Waals surface area contributed by atoms with Gasteiger partial charge in [-0.05, 0) is 94.8 Å². The van der Waals surface area contributed by atoms with E-state index in [1.807, 2.05) is 37.1 Å². The van der Waals surface area contributed by atoms with E-state index in [1.54, 1.807) is 36.3 Å². The summed E-state index contributed by atoms with van der Waals surface area (Å²) in [6.45, 7) is 10.4. The number of hydrogen-bond acceptors (Lipinski definition) is 8. The van der Waals surface area contributed by atoms with Crippen molar-refractivity contribution in [2.75, 3.05) is 38.6 Å². The van der Waals surface area contributed by atoms with Gasteiger partial charge in [0.25, 0.3) is 11.8 Å². The quantitative estimate of drug-likeness (QED) is 0.251. The van der Waals surface area contributed by atoms with Gasteiger partial charge in [-0.2, -0.15) is 0 Å². The average molecular weight is 662 g/mol. The third-order valence-electron chi connectivity index (χ3n) is 8.57. The number of aryl methyl sites for hydroxylation is 1. The molecule has 0 aliphatic carbocycles. The van der Waals surface area contributed by atoms with Crippen LogP contribution in [0, 0.1) is 0 Å². The fourth-order valence-electron chi connectivity index (χ4n) is 6.03. The van der Waals surface area contributed by atoms with Gasteiger partial charge in [-0.15, -0.1) is 11.3 Å². The minimum Gasteiger partial charge on any atom is -0.496 e. The molecule has 0 radical (unpaired) electrons. The van der Waals surface area contributed by atoms with E-state index in [0.29, 0.717) is 48.5 Å². The van der Waals surface area contributed by atoms with E-state index < -0.39 is 5.60 Å². The Hall–Kier alpha value is -3.96. The lowest BCUT2D eigenvalue weighted by Gasteiger charge is -2.34. The zero-order valence-corrected chi connectivity index (χ0v) is 29.0. The number of rotatable bonds is 10. The molecule has 2 fully saturated rings. The van der Waals surface area contributed by atoms with Crippen molar-refractivity contribution in [2.24, 2.45) is 0 Å². The first-order valence-electron chi connectivity index (χ1n) is 16.6. The number of carbonyl (C=O) groups excluding carboxylic acids is 3. The van der Waals surface area contributed by atoms with Crippen LogP contribution >= 0.6 is 11.3 Å². The van der Waals surface area contributed by atoms with Gasteiger partial charge in [0.05, 0.1) is 12.8 Å². The Morgan fingerprint density at radius 2 is 1.64 bits per heavy atom. The van der Waals surface area contributed by atoms with Crippen LogP contribution in [0.5, 0.6) is 5.75 Å². The number of hydrogen-bond donors (Lipinski definition) is 2. The van der Waals surface area contributed by atoms with E-state index in [-0.39, 0.29) is 23.9 Å². The molecule has 0 saturated carbocycles. The summed E-state index contributed by atoms with van der Waals surface area (Å²) >= 11 is 1.36. The Balaban J connectivity index is 1.10. The summed E-state index contributed by atoms with van der Waals surface area (Å²) in [4.78, 5) is 47.0. The number of thiazole rings is 1. The lowest BCUT2D eigenvalue weighted by Crippen LogP contribution is -2.48. The van der Waals surface area contributed by atoms with Crippen molar-refractivity contribution in [3.8, 4) is 17.0 Å². The molecular weight excluding hydrogens is 614 g/mol. The summed E-state index contributed by atoms with van der Waals surface area (Å²) in [5.74, 6) is 0.430. The highest BCUT2D eigenvalue weighted by atomic mass is 32.1. The normalized spacial score (nSPS) is 17.1. The SMILES string of the molecule is CCCCc1ccc(OC)c(-c2csc(NC(=O)c3ccc(C(=O)N4CCC(NC5CCN(C(=O)OC(C)(C)C)C5)CC4)cc3)n2)c1. The topological polar surface area (TPSA) is 113 Å². The maximum absolute atomic E-state index is 13.3. The number of ether oxygens (including phenoxy) is 2. The lowest BCUT2D eigenvalue weighted by molar-refractivity contribution is 0.0289. The Morgan fingerprint density at radius 1 is 0.957 bits per heavy atom. The van der Waals surface area contributed by atoms with Crippen molar-refractivity contribution in [3.05, 3.63) is 64.5 Å². The number of amides is 3. The largest absolute Gasteiger partial charge is 0.496 e. The zero-order valence-electron chi connectivity index (χ0n) is 28.1. The summed E-state index contributed by atoms with van der Waals surface area (Å²) in [7, 11) is 1.65. The predicted octanol–water partition coefficient (Wildman–Crippen LogP) is 6.62. The first kappa shape index (κ1) is 34.4. The molecule has 47 heavy (non-hydrogen) atoms. The van der Waals surface area contributed by atoms with E-state index in [2.05, 4.69) is 34.7 Å². The Kier molecular flexibility index (Phi) is 11.2. The number of likely N-dealkylation sites (tertiary alicyclic amines) is 2. The standard InChI is InChI=1S/C36H47N5O5S/c1-6-7-8-24-9-14-31(45-5)29(21-24)30-23-47-34(38-30)39-32(42)25-10-12-26(13-11-25)33(43)40-18-15-27(16-19-40)37-28-17-20-41(22-28)35(44)46-36(2,3)4/h9-14,21,23,27-28,37H,6-8,15-20,22H2,1-5H3,(H,38,39,42). The van der Waals surface area contributed by atoms with Crippen molar-refractivity contribution >= 4 is 34.4 Å². The van der Waals surface area contributed by atoms with Crippen LogP contribution in [0.3, 0.4) is 0 Å². The van der Waals surface area contributed by atoms with Gasteiger partial charge in [-0.3, -0.25) is 14.9 Å². The monoisotopic (exact) mass is 661 g/mol. The van der Waals surface area contributed by atoms with Crippen LogP contribution in [0.25, 0.3) is 11.3 Å². The van der Waals surface area contributed by atoms with Crippen LogP contribution in [0.4, 0.5) is 9.93 Å². The van der Waals surface area contributed by atoms with Gasteiger partial charge >= 0.3 is 6.09 Å². The molecule has 3 amide bonds. The third-order valence-corrected chi connectivity index (χ3v) is 9.33. The van der Waals surface area contributed by atoms with E-state index in [1.165, 1.54) is 16.9 Å². The second-order valence-corrected chi connectivity index (χ2v) is 14.2. The third kappa shape index (κ3) is 9.10. The summed E-state index contributed by atoms with van der Waals surface area (Å²) < 4.78 is 11.1. The highest BCUT2D eigenvalue weighted by Crippen LogP contribution is 2.33. The summed E-state index contributed by atoms with van der Waals surface area (Å²) in [5, 5.41) is 9.00. The molecule has 2 aliphatic heterocycles. The minimum absolute atomic E-state index is 0.0351. The van der Waals surface area contributed by atoms with Gasteiger partial charge in [0.1, 0.15) is 11.4 Å². The fourth-order valence-corrected chi connectivity index (χ4v) is 6.74. The minimum atomic E-state index is -0.502. The molecule has 2 aromatic carbocycles. The average Bonchev–Trinajstić information content (AvgIpc) is 3.73. The van der Waals surface area contributed by atoms with E-state index in [9.17, 15) is 14.4 Å². The molecule has 1 aromatic heterocycles. The van der Waals surface area contributed by atoms with Crippen molar-refractivity contribution < 1.29 is 23.9 Å². The summed E-state index contributed by atoms with van der Waals surface area (Å²) in [6, 6.07) is 13.5. The number of unbranched alkanes of at least 4 members (excludes halogenated alkanes) is 1. The van der Waals surface area contributed by atoms with Crippen LogP contribution in [0.1, 0.15) is 86.1 Å². The van der Waals surface area contributed by atoms with Crippen LogP contribution in [-0.2, 0) is 11.2 Å². The van der Waals surface area contributed by atoms with Gasteiger partial charge in [-0.25, -0.2) is 9.78 Å². The van der Waals surface area contributed by atoms with Crippen molar-refractivity contribution in [3.63, 3.8) is 0 Å². The molecule has 252 valence electrons.